The fraction of sp³-hybridized carbons (Fsp3) is 0.480. The first-order valence-electron chi connectivity index (χ1n) is 11.2. The van der Waals surface area contributed by atoms with Crippen molar-refractivity contribution >= 4 is 9.84 Å². The molecule has 0 amide bonds. The average molecular weight is 474 g/mol. The summed E-state index contributed by atoms with van der Waals surface area (Å²) in [4.78, 5) is -0.00198. The van der Waals surface area contributed by atoms with Crippen molar-refractivity contribution in [1.29, 1.82) is 5.26 Å². The van der Waals surface area contributed by atoms with E-state index < -0.39 is 32.1 Å². The van der Waals surface area contributed by atoms with Crippen molar-refractivity contribution in [2.45, 2.75) is 54.8 Å². The fourth-order valence-corrected chi connectivity index (χ4v) is 7.16. The van der Waals surface area contributed by atoms with Crippen molar-refractivity contribution in [3.05, 3.63) is 66.2 Å². The number of benzene rings is 2. The van der Waals surface area contributed by atoms with E-state index in [-0.39, 0.29) is 31.3 Å². The van der Waals surface area contributed by atoms with Crippen LogP contribution < -0.4 is 0 Å². The van der Waals surface area contributed by atoms with Crippen LogP contribution in [0.2, 0.25) is 0 Å². The van der Waals surface area contributed by atoms with Crippen LogP contribution in [0.5, 0.6) is 0 Å². The van der Waals surface area contributed by atoms with E-state index in [4.69, 9.17) is 18.9 Å². The van der Waals surface area contributed by atoms with Gasteiger partial charge in [-0.15, -0.1) is 0 Å². The molecule has 0 N–H and O–H groups in total. The molecule has 0 unspecified atom stereocenters. The molecule has 2 aromatic carbocycles. The van der Waals surface area contributed by atoms with Gasteiger partial charge >= 0.3 is 0 Å². The summed E-state index contributed by atoms with van der Waals surface area (Å²) >= 11 is 0. The summed E-state index contributed by atoms with van der Waals surface area (Å²) in [5.74, 6) is -4.74. The van der Waals surface area contributed by atoms with Crippen LogP contribution in [0.25, 0.3) is 0 Å². The number of nitriles is 1. The van der Waals surface area contributed by atoms with Crippen molar-refractivity contribution in [2.75, 3.05) is 26.4 Å². The molecule has 0 aliphatic heterocycles. The Hall–Kier alpha value is -2.28. The molecule has 1 aliphatic carbocycles. The molecule has 2 aromatic rings. The predicted molar refractivity (Wildman–Crippen MR) is 123 cm³/mol. The molecule has 3 rings (SSSR count). The summed E-state index contributed by atoms with van der Waals surface area (Å²) in [5, 5.41) is 10.7. The van der Waals surface area contributed by atoms with Gasteiger partial charge in [0.2, 0.25) is 20.4 Å². The normalized spacial score (nSPS) is 23.4. The number of hydrogen-bond donors (Lipinski definition) is 0. The lowest BCUT2D eigenvalue weighted by Gasteiger charge is -2.67. The van der Waals surface area contributed by atoms with E-state index in [1.54, 1.807) is 70.2 Å². The quantitative estimate of drug-likeness (QED) is 0.454. The molecule has 178 valence electrons. The van der Waals surface area contributed by atoms with E-state index in [2.05, 4.69) is 6.07 Å². The molecule has 1 saturated carbocycles. The van der Waals surface area contributed by atoms with Crippen LogP contribution in [0.3, 0.4) is 0 Å². The molecule has 1 aliphatic rings. The van der Waals surface area contributed by atoms with Gasteiger partial charge in [0.05, 0.1) is 16.9 Å². The highest BCUT2D eigenvalue weighted by Gasteiger charge is 2.91. The Bertz CT molecular complexity index is 1060. The minimum absolute atomic E-state index is 0.00198. The number of sulfone groups is 1. The minimum atomic E-state index is -4.34. The topological polar surface area (TPSA) is 94.9 Å². The van der Waals surface area contributed by atoms with Crippen LogP contribution in [-0.4, -0.2) is 51.2 Å². The van der Waals surface area contributed by atoms with Crippen molar-refractivity contribution in [3.63, 3.8) is 0 Å². The largest absolute Gasteiger partial charge is 0.345 e. The second-order valence-electron chi connectivity index (χ2n) is 7.52. The van der Waals surface area contributed by atoms with Gasteiger partial charge in [-0.05, 0) is 45.4 Å². The van der Waals surface area contributed by atoms with E-state index in [9.17, 15) is 13.7 Å². The highest BCUT2D eigenvalue weighted by atomic mass is 32.2. The number of nitrogens with zero attached hydrogens (tertiary/aromatic N) is 1. The molecule has 7 nitrogen and oxygen atoms in total. The molecule has 0 bridgehead atoms. The SMILES string of the molecule is CCOC1(OCC)[C@@H](c2ccccc2)[C@](C#N)(S(=O)(=O)c2ccccc2)C1(OCC)OCC. The van der Waals surface area contributed by atoms with Gasteiger partial charge in [0, 0.05) is 26.4 Å². The lowest BCUT2D eigenvalue weighted by atomic mass is 9.58. The van der Waals surface area contributed by atoms with Gasteiger partial charge in [0.15, 0.2) is 0 Å². The Morgan fingerprint density at radius 1 is 0.788 bits per heavy atom. The lowest BCUT2D eigenvalue weighted by Crippen LogP contribution is -2.89. The van der Waals surface area contributed by atoms with E-state index in [1.807, 2.05) is 6.07 Å². The summed E-state index contributed by atoms with van der Waals surface area (Å²) in [5.41, 5.74) is 0.579. The third kappa shape index (κ3) is 3.42. The Balaban J connectivity index is 2.46. The third-order valence-electron chi connectivity index (χ3n) is 5.92. The number of ether oxygens (including phenoxy) is 4. The minimum Gasteiger partial charge on any atom is -0.345 e. The van der Waals surface area contributed by atoms with Crippen molar-refractivity contribution in [3.8, 4) is 6.07 Å². The summed E-state index contributed by atoms with van der Waals surface area (Å²) in [6, 6.07) is 19.0. The van der Waals surface area contributed by atoms with Gasteiger partial charge in [-0.25, -0.2) is 8.42 Å². The van der Waals surface area contributed by atoms with Gasteiger partial charge in [0.25, 0.3) is 5.79 Å². The first kappa shape index (κ1) is 25.3. The molecule has 8 heteroatoms. The second-order valence-corrected chi connectivity index (χ2v) is 9.65. The Morgan fingerprint density at radius 2 is 1.24 bits per heavy atom. The highest BCUT2D eigenvalue weighted by molar-refractivity contribution is 7.93. The van der Waals surface area contributed by atoms with Crippen LogP contribution in [0.15, 0.2) is 65.6 Å². The summed E-state index contributed by atoms with van der Waals surface area (Å²) < 4.78 is 51.1. The summed E-state index contributed by atoms with van der Waals surface area (Å²) in [7, 11) is -4.34. The van der Waals surface area contributed by atoms with E-state index in [0.717, 1.165) is 0 Å². The molecule has 0 aromatic heterocycles. The van der Waals surface area contributed by atoms with E-state index in [1.165, 1.54) is 12.1 Å². The maximum Gasteiger partial charge on any atom is 0.259 e. The zero-order chi connectivity index (χ0) is 24.2. The summed E-state index contributed by atoms with van der Waals surface area (Å²) in [6.45, 7) is 7.55. The van der Waals surface area contributed by atoms with Crippen LogP contribution in [-0.2, 0) is 28.8 Å². The molecule has 0 saturated heterocycles. The summed E-state index contributed by atoms with van der Waals surface area (Å²) in [6.07, 6.45) is 0. The van der Waals surface area contributed by atoms with Gasteiger partial charge in [-0.1, -0.05) is 48.5 Å². The average Bonchev–Trinajstić information content (AvgIpc) is 2.83. The van der Waals surface area contributed by atoms with Crippen LogP contribution in [0.1, 0.15) is 39.2 Å². The van der Waals surface area contributed by atoms with Gasteiger partial charge in [-0.2, -0.15) is 5.26 Å². The smallest absolute Gasteiger partial charge is 0.259 e. The Labute approximate surface area is 196 Å². The maximum absolute atomic E-state index is 14.3. The zero-order valence-corrected chi connectivity index (χ0v) is 20.3. The van der Waals surface area contributed by atoms with Crippen LogP contribution in [0, 0.1) is 11.3 Å². The van der Waals surface area contributed by atoms with Gasteiger partial charge in [0.1, 0.15) is 0 Å². The Morgan fingerprint density at radius 3 is 1.67 bits per heavy atom. The molecule has 33 heavy (non-hydrogen) atoms. The second kappa shape index (κ2) is 9.92. The molecule has 2 atom stereocenters. The molecule has 0 spiro atoms. The van der Waals surface area contributed by atoms with Crippen molar-refractivity contribution < 1.29 is 27.4 Å². The third-order valence-corrected chi connectivity index (χ3v) is 8.26. The monoisotopic (exact) mass is 473 g/mol. The molecule has 0 heterocycles. The highest BCUT2D eigenvalue weighted by Crippen LogP contribution is 2.68. The molecule has 0 radical (unpaired) electrons. The van der Waals surface area contributed by atoms with Gasteiger partial charge in [-0.3, -0.25) is 0 Å². The number of hydrogen-bond acceptors (Lipinski definition) is 7. The predicted octanol–water partition coefficient (Wildman–Crippen LogP) is 4.06. The molecular formula is C25H31NO6S. The zero-order valence-electron chi connectivity index (χ0n) is 19.5. The first-order valence-corrected chi connectivity index (χ1v) is 12.7. The number of rotatable bonds is 11. The van der Waals surface area contributed by atoms with Crippen molar-refractivity contribution in [1.82, 2.24) is 0 Å². The van der Waals surface area contributed by atoms with E-state index in [0.29, 0.717) is 5.56 Å². The van der Waals surface area contributed by atoms with E-state index >= 15 is 0 Å². The molecule has 1 fully saturated rings. The molecular weight excluding hydrogens is 442 g/mol. The Kier molecular flexibility index (Phi) is 7.62. The van der Waals surface area contributed by atoms with Crippen LogP contribution >= 0.6 is 0 Å². The van der Waals surface area contributed by atoms with Gasteiger partial charge < -0.3 is 18.9 Å². The first-order chi connectivity index (χ1) is 15.9. The fourth-order valence-electron chi connectivity index (χ4n) is 4.94. The van der Waals surface area contributed by atoms with Crippen LogP contribution in [0.4, 0.5) is 0 Å². The maximum atomic E-state index is 14.3. The van der Waals surface area contributed by atoms with Crippen molar-refractivity contribution in [2.24, 2.45) is 0 Å². The standard InChI is InChI=1S/C25H31NO6S/c1-5-29-24(30-6-2)22(20-15-11-9-12-16-20)23(19-26,25(24,31-7-3)32-8-4)33(27,28)21-17-13-10-14-18-21/h9-18,22H,5-8H2,1-4H3/t22-,23-/m0/s1. The lowest BCUT2D eigenvalue weighted by molar-refractivity contribution is -0.472.